The number of para-hydroxylation sites is 1. The van der Waals surface area contributed by atoms with Gasteiger partial charge in [0.15, 0.2) is 5.76 Å². The molecule has 40 heavy (non-hydrogen) atoms. The Balaban J connectivity index is 1.75. The predicted molar refractivity (Wildman–Crippen MR) is 140 cm³/mol. The molecule has 0 unspecified atom stereocenters. The molecule has 0 saturated carbocycles. The van der Waals surface area contributed by atoms with E-state index >= 15 is 0 Å². The first-order valence-corrected chi connectivity index (χ1v) is 13.6. The lowest BCUT2D eigenvalue weighted by atomic mass is 9.98. The summed E-state index contributed by atoms with van der Waals surface area (Å²) in [5.41, 5.74) is -5.98. The van der Waals surface area contributed by atoms with Gasteiger partial charge in [-0.2, -0.15) is 21.6 Å². The van der Waals surface area contributed by atoms with Gasteiger partial charge < -0.3 is 13.7 Å². The summed E-state index contributed by atoms with van der Waals surface area (Å²) < 4.78 is 93.5. The topological polar surface area (TPSA) is 82.1 Å². The van der Waals surface area contributed by atoms with Crippen LogP contribution in [0.2, 0.25) is 0 Å². The van der Waals surface area contributed by atoms with E-state index < -0.39 is 51.0 Å². The summed E-state index contributed by atoms with van der Waals surface area (Å²) in [5.74, 6) is -0.974. The fourth-order valence-electron chi connectivity index (χ4n) is 4.28. The quantitative estimate of drug-likeness (QED) is 0.178. The van der Waals surface area contributed by atoms with E-state index in [-0.39, 0.29) is 17.9 Å². The fourth-order valence-corrected chi connectivity index (χ4v) is 4.76. The Bertz CT molecular complexity index is 1560. The number of rotatable bonds is 6. The second-order valence-corrected chi connectivity index (χ2v) is 11.7. The highest BCUT2D eigenvalue weighted by molar-refractivity contribution is 7.87. The van der Waals surface area contributed by atoms with Crippen LogP contribution in [0.1, 0.15) is 44.9 Å². The van der Waals surface area contributed by atoms with Crippen molar-refractivity contribution < 1.29 is 44.4 Å². The van der Waals surface area contributed by atoms with Crippen LogP contribution in [0.15, 0.2) is 66.7 Å². The molecule has 0 bridgehead atoms. The zero-order valence-electron chi connectivity index (χ0n) is 22.0. The number of alkyl halides is 3. The number of carbonyl (C=O) groups is 1. The van der Waals surface area contributed by atoms with Crippen LogP contribution in [0, 0.1) is 5.82 Å². The van der Waals surface area contributed by atoms with Crippen LogP contribution in [-0.2, 0) is 19.0 Å². The van der Waals surface area contributed by atoms with E-state index in [1.54, 1.807) is 58.0 Å². The molecule has 1 amide bonds. The first kappa shape index (κ1) is 29.2. The number of nitrogens with zero attached hydrogens (tertiary/aromatic N) is 1. The minimum atomic E-state index is -5.98. The van der Waals surface area contributed by atoms with Gasteiger partial charge in [0.2, 0.25) is 0 Å². The molecule has 2 atom stereocenters. The summed E-state index contributed by atoms with van der Waals surface area (Å²) in [6, 6.07) is 14.6. The van der Waals surface area contributed by atoms with Crippen molar-refractivity contribution in [3.8, 4) is 5.75 Å². The van der Waals surface area contributed by atoms with E-state index in [1.807, 2.05) is 0 Å². The summed E-state index contributed by atoms with van der Waals surface area (Å²) in [6.07, 6.45) is -0.831. The molecule has 12 heteroatoms. The van der Waals surface area contributed by atoms with Crippen molar-refractivity contribution in [1.82, 2.24) is 4.90 Å². The summed E-state index contributed by atoms with van der Waals surface area (Å²) in [6.45, 7) is 6.43. The SMILES string of the molecule is C[C@H](c1ccc(F)c2ccccc12)N(C[C@H]1C=C(OS(=O)(=O)C(F)(F)F)c2ccccc2O1)C(=O)OC(C)(C)C. The summed E-state index contributed by atoms with van der Waals surface area (Å²) in [7, 11) is -5.98. The zero-order chi connectivity index (χ0) is 29.5. The molecule has 0 spiro atoms. The van der Waals surface area contributed by atoms with Gasteiger partial charge in [0.05, 0.1) is 18.2 Å². The first-order chi connectivity index (χ1) is 18.6. The van der Waals surface area contributed by atoms with Crippen molar-refractivity contribution in [2.24, 2.45) is 0 Å². The predicted octanol–water partition coefficient (Wildman–Crippen LogP) is 6.95. The molecular formula is C28H27F4NO6S. The molecule has 7 nitrogen and oxygen atoms in total. The molecule has 0 aliphatic carbocycles. The zero-order valence-corrected chi connectivity index (χ0v) is 22.8. The molecule has 0 N–H and O–H groups in total. The molecule has 1 aliphatic rings. The van der Waals surface area contributed by atoms with Crippen LogP contribution in [-0.4, -0.2) is 43.2 Å². The highest BCUT2D eigenvalue weighted by atomic mass is 32.2. The summed E-state index contributed by atoms with van der Waals surface area (Å²) in [5, 5.41) is 0.890. The summed E-state index contributed by atoms with van der Waals surface area (Å²) >= 11 is 0. The lowest BCUT2D eigenvalue weighted by Gasteiger charge is -2.35. The van der Waals surface area contributed by atoms with Crippen molar-refractivity contribution in [1.29, 1.82) is 0 Å². The van der Waals surface area contributed by atoms with Crippen LogP contribution in [0.5, 0.6) is 5.75 Å². The number of halogens is 4. The van der Waals surface area contributed by atoms with E-state index in [9.17, 15) is 30.8 Å². The Hall–Kier alpha value is -3.80. The Morgan fingerprint density at radius 1 is 1.00 bits per heavy atom. The first-order valence-electron chi connectivity index (χ1n) is 12.2. The molecular weight excluding hydrogens is 554 g/mol. The van der Waals surface area contributed by atoms with E-state index in [1.165, 1.54) is 35.2 Å². The molecule has 1 aliphatic heterocycles. The Morgan fingerprint density at radius 2 is 1.62 bits per heavy atom. The fraction of sp³-hybridized carbons (Fsp3) is 0.321. The largest absolute Gasteiger partial charge is 0.534 e. The average Bonchev–Trinajstić information content (AvgIpc) is 2.85. The molecule has 4 rings (SSSR count). The van der Waals surface area contributed by atoms with E-state index in [0.717, 1.165) is 6.08 Å². The number of ether oxygens (including phenoxy) is 2. The number of benzene rings is 3. The number of carbonyl (C=O) groups excluding carboxylic acids is 1. The van der Waals surface area contributed by atoms with Crippen molar-refractivity contribution in [3.05, 3.63) is 83.7 Å². The molecule has 0 saturated heterocycles. The molecule has 214 valence electrons. The normalized spacial score (nSPS) is 16.4. The van der Waals surface area contributed by atoms with Gasteiger partial charge in [0.25, 0.3) is 0 Å². The Kier molecular flexibility index (Phi) is 7.77. The minimum Gasteiger partial charge on any atom is -0.484 e. The van der Waals surface area contributed by atoms with Gasteiger partial charge in [-0.15, -0.1) is 0 Å². The third kappa shape index (κ3) is 6.16. The van der Waals surface area contributed by atoms with Gasteiger partial charge in [0.1, 0.15) is 23.3 Å². The van der Waals surface area contributed by atoms with Crippen molar-refractivity contribution in [3.63, 3.8) is 0 Å². The molecule has 0 fully saturated rings. The third-order valence-corrected chi connectivity index (χ3v) is 7.04. The van der Waals surface area contributed by atoms with Crippen LogP contribution >= 0.6 is 0 Å². The third-order valence-electron chi connectivity index (χ3n) is 6.08. The van der Waals surface area contributed by atoms with E-state index in [0.29, 0.717) is 16.3 Å². The standard InChI is InChI=1S/C28H27F4NO6S/c1-17(19-13-14-23(29)21-10-6-5-9-20(19)21)33(26(34)38-27(2,3)4)16-18-15-25(39-40(35,36)28(30,31)32)22-11-7-8-12-24(22)37-18/h5-15,17-18H,16H2,1-4H3/t17-,18-/m1/s1. The smallest absolute Gasteiger partial charge is 0.484 e. The van der Waals surface area contributed by atoms with Gasteiger partial charge in [0, 0.05) is 11.5 Å². The van der Waals surface area contributed by atoms with Gasteiger partial charge >= 0.3 is 21.7 Å². The van der Waals surface area contributed by atoms with E-state index in [2.05, 4.69) is 4.18 Å². The van der Waals surface area contributed by atoms with Gasteiger partial charge in [-0.3, -0.25) is 4.90 Å². The van der Waals surface area contributed by atoms with Gasteiger partial charge in [-0.25, -0.2) is 9.18 Å². The molecule has 3 aromatic carbocycles. The Morgan fingerprint density at radius 3 is 2.27 bits per heavy atom. The molecule has 0 aromatic heterocycles. The number of hydrogen-bond donors (Lipinski definition) is 0. The maximum absolute atomic E-state index is 14.5. The number of fused-ring (bicyclic) bond motifs is 2. The van der Waals surface area contributed by atoms with E-state index in [4.69, 9.17) is 9.47 Å². The van der Waals surface area contributed by atoms with Crippen LogP contribution in [0.4, 0.5) is 22.4 Å². The maximum atomic E-state index is 14.5. The van der Waals surface area contributed by atoms with Crippen LogP contribution in [0.25, 0.3) is 16.5 Å². The maximum Gasteiger partial charge on any atom is 0.534 e. The molecule has 1 heterocycles. The van der Waals surface area contributed by atoms with Crippen LogP contribution in [0.3, 0.4) is 0 Å². The number of amides is 1. The molecule has 3 aromatic rings. The van der Waals surface area contributed by atoms with Crippen molar-refractivity contribution in [2.75, 3.05) is 6.54 Å². The van der Waals surface area contributed by atoms with Crippen LogP contribution < -0.4 is 4.74 Å². The van der Waals surface area contributed by atoms with Crippen molar-refractivity contribution in [2.45, 2.75) is 51.0 Å². The Labute approximate surface area is 229 Å². The monoisotopic (exact) mass is 581 g/mol. The van der Waals surface area contributed by atoms with Gasteiger partial charge in [-0.05, 0) is 56.8 Å². The molecule has 0 radical (unpaired) electrons. The average molecular weight is 582 g/mol. The number of hydrogen-bond acceptors (Lipinski definition) is 6. The van der Waals surface area contributed by atoms with Gasteiger partial charge in [-0.1, -0.05) is 42.5 Å². The minimum absolute atomic E-state index is 0.00651. The van der Waals surface area contributed by atoms with Crippen molar-refractivity contribution >= 4 is 32.7 Å². The lowest BCUT2D eigenvalue weighted by molar-refractivity contribution is -0.0510. The highest BCUT2D eigenvalue weighted by Gasteiger charge is 2.49. The lowest BCUT2D eigenvalue weighted by Crippen LogP contribution is -2.44. The highest BCUT2D eigenvalue weighted by Crippen LogP contribution is 2.38. The second-order valence-electron chi connectivity index (χ2n) is 10.2. The second kappa shape index (κ2) is 10.6. The summed E-state index contributed by atoms with van der Waals surface area (Å²) in [4.78, 5) is 14.7.